The molecule has 1 aromatic rings. The second-order valence-electron chi connectivity index (χ2n) is 7.51. The number of esters is 1. The molecule has 1 fully saturated rings. The Morgan fingerprint density at radius 1 is 1.38 bits per heavy atom. The van der Waals surface area contributed by atoms with E-state index in [4.69, 9.17) is 11.2 Å². The topological polar surface area (TPSA) is 29.5 Å². The maximum atomic E-state index is 12.5. The van der Waals surface area contributed by atoms with Crippen LogP contribution < -0.4 is 0 Å². The fourth-order valence-electron chi connectivity index (χ4n) is 3.50. The van der Waals surface area contributed by atoms with Crippen molar-refractivity contribution in [1.29, 1.82) is 0 Å². The van der Waals surface area contributed by atoms with E-state index in [1.165, 1.54) is 10.5 Å². The van der Waals surface area contributed by atoms with E-state index in [9.17, 15) is 4.79 Å². The maximum Gasteiger partial charge on any atom is 0.310 e. The van der Waals surface area contributed by atoms with Gasteiger partial charge in [0.15, 0.2) is 5.44 Å². The number of fused-ring (bicyclic) bond motifs is 1. The monoisotopic (exact) mass is 343 g/mol. The summed E-state index contributed by atoms with van der Waals surface area (Å²) in [6.07, 6.45) is 8.15. The lowest BCUT2D eigenvalue weighted by Crippen LogP contribution is -2.37. The molecule has 1 atom stereocenters. The van der Waals surface area contributed by atoms with E-state index < -0.39 is 0 Å². The highest BCUT2D eigenvalue weighted by molar-refractivity contribution is 7.99. The number of nitrogens with zero attached hydrogens (tertiary/aromatic N) is 1. The number of benzene rings is 1. The number of piperidine rings is 1. The Kier molecular flexibility index (Phi) is 4.94. The van der Waals surface area contributed by atoms with Gasteiger partial charge in [0.2, 0.25) is 0 Å². The smallest absolute Gasteiger partial charge is 0.310 e. The zero-order chi connectivity index (χ0) is 17.3. The minimum absolute atomic E-state index is 0.0277. The quantitative estimate of drug-likeness (QED) is 0.605. The van der Waals surface area contributed by atoms with Crippen molar-refractivity contribution in [3.63, 3.8) is 0 Å². The fraction of sp³-hybridized carbons (Fsp3) is 0.550. The van der Waals surface area contributed by atoms with Crippen LogP contribution in [-0.4, -0.2) is 36.4 Å². The molecule has 0 N–H and O–H groups in total. The first-order valence-corrected chi connectivity index (χ1v) is 9.44. The Morgan fingerprint density at radius 2 is 2.08 bits per heavy atom. The maximum absolute atomic E-state index is 12.5. The molecule has 0 saturated carbocycles. The summed E-state index contributed by atoms with van der Waals surface area (Å²) in [7, 11) is 2.10. The zero-order valence-corrected chi connectivity index (χ0v) is 15.5. The van der Waals surface area contributed by atoms with Gasteiger partial charge in [0, 0.05) is 16.9 Å². The van der Waals surface area contributed by atoms with Crippen LogP contribution in [0.1, 0.15) is 44.2 Å². The van der Waals surface area contributed by atoms with Crippen molar-refractivity contribution in [2.45, 2.75) is 48.9 Å². The molecule has 1 saturated heterocycles. The number of hydrogen-bond acceptors (Lipinski definition) is 4. The molecule has 4 heteroatoms. The Morgan fingerprint density at radius 3 is 2.75 bits per heavy atom. The molecule has 0 amide bonds. The molecule has 3 rings (SSSR count). The average Bonchev–Trinajstić information content (AvgIpc) is 2.54. The summed E-state index contributed by atoms with van der Waals surface area (Å²) in [5, 5.41) is 0. The van der Waals surface area contributed by atoms with Gasteiger partial charge < -0.3 is 9.64 Å². The normalized spacial score (nSPS) is 24.0. The summed E-state index contributed by atoms with van der Waals surface area (Å²) >= 11 is 1.65. The first-order chi connectivity index (χ1) is 11.4. The third-order valence-corrected chi connectivity index (χ3v) is 6.25. The molecular formula is C20H25NO2S. The minimum atomic E-state index is -0.114. The van der Waals surface area contributed by atoms with Crippen LogP contribution in [0.15, 0.2) is 23.1 Å². The van der Waals surface area contributed by atoms with Gasteiger partial charge in [0.05, 0.1) is 5.92 Å². The highest BCUT2D eigenvalue weighted by Gasteiger charge is 2.37. The molecule has 1 aromatic carbocycles. The molecule has 0 aliphatic carbocycles. The lowest BCUT2D eigenvalue weighted by Gasteiger charge is -2.37. The number of thioether (sulfide) groups is 1. The third kappa shape index (κ3) is 3.63. The number of ether oxygens (including phenoxy) is 1. The van der Waals surface area contributed by atoms with Crippen LogP contribution in [0.4, 0.5) is 0 Å². The van der Waals surface area contributed by atoms with E-state index in [-0.39, 0.29) is 22.7 Å². The van der Waals surface area contributed by atoms with E-state index in [0.717, 1.165) is 37.9 Å². The Balaban J connectivity index is 1.70. The SMILES string of the molecule is C#Cc1ccc2c(c1)C(C)(C)CC(OC(=O)C1CCN(C)CC1)S2. The van der Waals surface area contributed by atoms with Gasteiger partial charge in [-0.05, 0) is 62.2 Å². The number of likely N-dealkylation sites (tertiary alicyclic amines) is 1. The van der Waals surface area contributed by atoms with E-state index in [2.05, 4.69) is 43.8 Å². The van der Waals surface area contributed by atoms with Crippen molar-refractivity contribution in [1.82, 2.24) is 4.90 Å². The van der Waals surface area contributed by atoms with Crippen LogP contribution in [0.2, 0.25) is 0 Å². The van der Waals surface area contributed by atoms with Gasteiger partial charge in [0.25, 0.3) is 0 Å². The Bertz CT molecular complexity index is 669. The van der Waals surface area contributed by atoms with Crippen molar-refractivity contribution in [3.8, 4) is 12.3 Å². The minimum Gasteiger partial charge on any atom is -0.451 e. The molecule has 0 radical (unpaired) electrons. The average molecular weight is 343 g/mol. The molecule has 128 valence electrons. The second-order valence-corrected chi connectivity index (χ2v) is 8.71. The highest BCUT2D eigenvalue weighted by atomic mass is 32.2. The molecule has 0 aromatic heterocycles. The molecule has 2 heterocycles. The van der Waals surface area contributed by atoms with Gasteiger partial charge in [-0.3, -0.25) is 4.79 Å². The van der Waals surface area contributed by atoms with Crippen molar-refractivity contribution < 1.29 is 9.53 Å². The van der Waals surface area contributed by atoms with Gasteiger partial charge in [0.1, 0.15) is 0 Å². The summed E-state index contributed by atoms with van der Waals surface area (Å²) in [6, 6.07) is 6.12. The van der Waals surface area contributed by atoms with E-state index in [0.29, 0.717) is 0 Å². The predicted molar refractivity (Wildman–Crippen MR) is 98.0 cm³/mol. The Labute approximate surface area is 149 Å². The summed E-state index contributed by atoms with van der Waals surface area (Å²) in [6.45, 7) is 6.34. The van der Waals surface area contributed by atoms with Crippen LogP contribution in [0.25, 0.3) is 0 Å². The number of carbonyl (C=O) groups excluding carboxylic acids is 1. The molecule has 1 unspecified atom stereocenters. The van der Waals surface area contributed by atoms with Gasteiger partial charge >= 0.3 is 5.97 Å². The number of rotatable bonds is 2. The molecule has 24 heavy (non-hydrogen) atoms. The van der Waals surface area contributed by atoms with Gasteiger partial charge in [-0.15, -0.1) is 6.42 Å². The molecule has 3 nitrogen and oxygen atoms in total. The van der Waals surface area contributed by atoms with Crippen molar-refractivity contribution in [3.05, 3.63) is 29.3 Å². The van der Waals surface area contributed by atoms with E-state index in [1.807, 2.05) is 6.07 Å². The molecule has 0 spiro atoms. The summed E-state index contributed by atoms with van der Waals surface area (Å²) in [5.41, 5.74) is 2.00. The molecule has 2 aliphatic heterocycles. The fourth-order valence-corrected chi connectivity index (χ4v) is 5.03. The number of terminal acetylenes is 1. The molecule has 2 aliphatic rings. The summed E-state index contributed by atoms with van der Waals surface area (Å²) < 4.78 is 5.88. The number of carbonyl (C=O) groups is 1. The van der Waals surface area contributed by atoms with Crippen molar-refractivity contribution >= 4 is 17.7 Å². The van der Waals surface area contributed by atoms with Crippen molar-refractivity contribution in [2.24, 2.45) is 5.92 Å². The molecular weight excluding hydrogens is 318 g/mol. The van der Waals surface area contributed by atoms with Crippen LogP contribution >= 0.6 is 11.8 Å². The zero-order valence-electron chi connectivity index (χ0n) is 14.7. The standard InChI is InChI=1S/C20H25NO2S/c1-5-14-6-7-17-16(12-14)20(2,3)13-18(24-17)23-19(22)15-8-10-21(4)11-9-15/h1,6-7,12,15,18H,8-11,13H2,2-4H3. The van der Waals surface area contributed by atoms with Crippen LogP contribution in [-0.2, 0) is 14.9 Å². The van der Waals surface area contributed by atoms with Gasteiger partial charge in [-0.25, -0.2) is 0 Å². The van der Waals surface area contributed by atoms with Crippen LogP contribution in [0.5, 0.6) is 0 Å². The predicted octanol–water partition coefficient (Wildman–Crippen LogP) is 3.65. The molecule has 0 bridgehead atoms. The van der Waals surface area contributed by atoms with Crippen LogP contribution in [0, 0.1) is 18.3 Å². The van der Waals surface area contributed by atoms with E-state index in [1.54, 1.807) is 11.8 Å². The largest absolute Gasteiger partial charge is 0.451 e. The van der Waals surface area contributed by atoms with Gasteiger partial charge in [-0.2, -0.15) is 0 Å². The van der Waals surface area contributed by atoms with Crippen LogP contribution in [0.3, 0.4) is 0 Å². The Hall–Kier alpha value is -1.44. The number of hydrogen-bond donors (Lipinski definition) is 0. The van der Waals surface area contributed by atoms with E-state index >= 15 is 0 Å². The lowest BCUT2D eigenvalue weighted by molar-refractivity contribution is -0.152. The second kappa shape index (κ2) is 6.82. The highest BCUT2D eigenvalue weighted by Crippen LogP contribution is 2.46. The summed E-state index contributed by atoms with van der Waals surface area (Å²) in [5.74, 6) is 2.73. The van der Waals surface area contributed by atoms with Gasteiger partial charge in [-0.1, -0.05) is 31.5 Å². The lowest BCUT2D eigenvalue weighted by atomic mass is 9.80. The first-order valence-electron chi connectivity index (χ1n) is 8.56. The summed E-state index contributed by atoms with van der Waals surface area (Å²) in [4.78, 5) is 16.0. The first kappa shape index (κ1) is 17.4. The van der Waals surface area contributed by atoms with Crippen molar-refractivity contribution in [2.75, 3.05) is 20.1 Å². The third-order valence-electron chi connectivity index (χ3n) is 5.11.